The lowest BCUT2D eigenvalue weighted by molar-refractivity contribution is 0.101. The Morgan fingerprint density at radius 1 is 1.12 bits per heavy atom. The third kappa shape index (κ3) is 2.37. The van der Waals surface area contributed by atoms with Gasteiger partial charge in [0.05, 0.1) is 0 Å². The molecule has 8 heteroatoms. The number of rotatable bonds is 2. The SMILES string of the molecule is Cc1cc(C)n2nc(C(=O)Nc3ccc4nc(C)oc4c3)nc2n1. The molecular weight excluding hydrogens is 308 g/mol. The van der Waals surface area contributed by atoms with E-state index in [1.54, 1.807) is 29.6 Å². The van der Waals surface area contributed by atoms with Crippen molar-refractivity contribution in [1.82, 2.24) is 24.6 Å². The lowest BCUT2D eigenvalue weighted by Gasteiger charge is -2.01. The Labute approximate surface area is 136 Å². The van der Waals surface area contributed by atoms with Gasteiger partial charge < -0.3 is 9.73 Å². The third-order valence-electron chi connectivity index (χ3n) is 3.57. The van der Waals surface area contributed by atoms with Crippen LogP contribution >= 0.6 is 0 Å². The minimum absolute atomic E-state index is 0.0602. The zero-order valence-electron chi connectivity index (χ0n) is 13.4. The number of anilines is 1. The van der Waals surface area contributed by atoms with Crippen LogP contribution in [-0.4, -0.2) is 30.5 Å². The Kier molecular flexibility index (Phi) is 3.05. The van der Waals surface area contributed by atoms with Gasteiger partial charge in [-0.25, -0.2) is 14.5 Å². The minimum Gasteiger partial charge on any atom is -0.441 e. The highest BCUT2D eigenvalue weighted by Crippen LogP contribution is 2.20. The quantitative estimate of drug-likeness (QED) is 0.608. The van der Waals surface area contributed by atoms with Crippen molar-refractivity contribution in [2.75, 3.05) is 5.32 Å². The van der Waals surface area contributed by atoms with E-state index >= 15 is 0 Å². The summed E-state index contributed by atoms with van der Waals surface area (Å²) in [7, 11) is 0. The Morgan fingerprint density at radius 3 is 2.79 bits per heavy atom. The monoisotopic (exact) mass is 322 g/mol. The van der Waals surface area contributed by atoms with Crippen LogP contribution in [0.3, 0.4) is 0 Å². The number of oxazole rings is 1. The Hall–Kier alpha value is -3.29. The van der Waals surface area contributed by atoms with E-state index in [9.17, 15) is 4.79 Å². The number of amides is 1. The van der Waals surface area contributed by atoms with Crippen LogP contribution in [0, 0.1) is 20.8 Å². The van der Waals surface area contributed by atoms with Gasteiger partial charge in [-0.15, -0.1) is 5.10 Å². The number of carbonyl (C=O) groups excluding carboxylic acids is 1. The van der Waals surface area contributed by atoms with Crippen molar-refractivity contribution in [3.8, 4) is 0 Å². The molecule has 0 spiro atoms. The van der Waals surface area contributed by atoms with Gasteiger partial charge in [0.2, 0.25) is 5.82 Å². The number of fused-ring (bicyclic) bond motifs is 2. The summed E-state index contributed by atoms with van der Waals surface area (Å²) in [5, 5.41) is 6.97. The second-order valence-corrected chi connectivity index (χ2v) is 5.56. The van der Waals surface area contributed by atoms with Gasteiger partial charge in [-0.3, -0.25) is 4.79 Å². The molecule has 24 heavy (non-hydrogen) atoms. The molecular formula is C16H14N6O2. The summed E-state index contributed by atoms with van der Waals surface area (Å²) >= 11 is 0. The van der Waals surface area contributed by atoms with E-state index < -0.39 is 5.91 Å². The maximum Gasteiger partial charge on any atom is 0.295 e. The van der Waals surface area contributed by atoms with Crippen LogP contribution in [0.2, 0.25) is 0 Å². The maximum absolute atomic E-state index is 12.4. The summed E-state index contributed by atoms with van der Waals surface area (Å²) in [5.41, 5.74) is 3.63. The van der Waals surface area contributed by atoms with Crippen LogP contribution in [0.4, 0.5) is 5.69 Å². The van der Waals surface area contributed by atoms with E-state index in [2.05, 4.69) is 25.4 Å². The van der Waals surface area contributed by atoms with E-state index in [0.717, 1.165) is 16.9 Å². The molecule has 0 saturated heterocycles. The molecule has 1 aromatic carbocycles. The third-order valence-corrected chi connectivity index (χ3v) is 3.57. The summed E-state index contributed by atoms with van der Waals surface area (Å²) in [5.74, 6) is 0.629. The molecule has 4 aromatic rings. The van der Waals surface area contributed by atoms with E-state index in [1.165, 1.54) is 0 Å². The number of nitrogens with zero attached hydrogens (tertiary/aromatic N) is 5. The Morgan fingerprint density at radius 2 is 1.96 bits per heavy atom. The molecule has 0 bridgehead atoms. The number of benzene rings is 1. The van der Waals surface area contributed by atoms with Gasteiger partial charge in [-0.2, -0.15) is 4.98 Å². The van der Waals surface area contributed by atoms with E-state index in [4.69, 9.17) is 4.42 Å². The molecule has 3 heterocycles. The summed E-state index contributed by atoms with van der Waals surface area (Å²) in [6.45, 7) is 5.53. The molecule has 0 atom stereocenters. The van der Waals surface area contributed by atoms with Gasteiger partial charge in [0, 0.05) is 30.1 Å². The summed E-state index contributed by atoms with van der Waals surface area (Å²) in [6, 6.07) is 7.14. The first-order valence-corrected chi connectivity index (χ1v) is 7.39. The van der Waals surface area contributed by atoms with Gasteiger partial charge >= 0.3 is 0 Å². The number of hydrogen-bond donors (Lipinski definition) is 1. The zero-order valence-corrected chi connectivity index (χ0v) is 13.4. The first-order chi connectivity index (χ1) is 11.5. The molecule has 0 radical (unpaired) electrons. The highest BCUT2D eigenvalue weighted by molar-refractivity contribution is 6.02. The van der Waals surface area contributed by atoms with E-state index in [1.807, 2.05) is 19.9 Å². The average molecular weight is 322 g/mol. The van der Waals surface area contributed by atoms with Crippen LogP contribution < -0.4 is 5.32 Å². The molecule has 3 aromatic heterocycles. The predicted molar refractivity (Wildman–Crippen MR) is 87.0 cm³/mol. The minimum atomic E-state index is -0.409. The summed E-state index contributed by atoms with van der Waals surface area (Å²) in [6.07, 6.45) is 0. The van der Waals surface area contributed by atoms with Gasteiger partial charge in [0.25, 0.3) is 11.7 Å². The highest BCUT2D eigenvalue weighted by atomic mass is 16.3. The molecule has 0 unspecified atom stereocenters. The first-order valence-electron chi connectivity index (χ1n) is 7.39. The molecule has 0 aliphatic carbocycles. The van der Waals surface area contributed by atoms with Crippen molar-refractivity contribution in [3.05, 3.63) is 47.4 Å². The molecule has 0 saturated carbocycles. The normalized spacial score (nSPS) is 11.3. The van der Waals surface area contributed by atoms with Crippen molar-refractivity contribution in [1.29, 1.82) is 0 Å². The highest BCUT2D eigenvalue weighted by Gasteiger charge is 2.15. The van der Waals surface area contributed by atoms with Crippen molar-refractivity contribution in [2.24, 2.45) is 0 Å². The number of aryl methyl sites for hydroxylation is 3. The van der Waals surface area contributed by atoms with E-state index in [-0.39, 0.29) is 5.82 Å². The molecule has 4 rings (SSSR count). The van der Waals surface area contributed by atoms with Crippen LogP contribution in [0.25, 0.3) is 16.9 Å². The molecule has 0 aliphatic heterocycles. The fourth-order valence-corrected chi connectivity index (χ4v) is 2.57. The summed E-state index contributed by atoms with van der Waals surface area (Å²) in [4.78, 5) is 25.1. The average Bonchev–Trinajstić information content (AvgIpc) is 3.09. The molecule has 8 nitrogen and oxygen atoms in total. The van der Waals surface area contributed by atoms with Gasteiger partial charge in [0.15, 0.2) is 11.5 Å². The van der Waals surface area contributed by atoms with Crippen molar-refractivity contribution in [3.63, 3.8) is 0 Å². The van der Waals surface area contributed by atoms with Crippen molar-refractivity contribution in [2.45, 2.75) is 20.8 Å². The van der Waals surface area contributed by atoms with Crippen LogP contribution in [0.15, 0.2) is 28.7 Å². The smallest absolute Gasteiger partial charge is 0.295 e. The number of nitrogens with one attached hydrogen (secondary N) is 1. The fraction of sp³-hybridized carbons (Fsp3) is 0.188. The molecule has 1 N–H and O–H groups in total. The molecule has 1 amide bonds. The topological polar surface area (TPSA) is 98.2 Å². The predicted octanol–water partition coefficient (Wildman–Crippen LogP) is 2.44. The number of aromatic nitrogens is 5. The molecule has 120 valence electrons. The number of hydrogen-bond acceptors (Lipinski definition) is 6. The van der Waals surface area contributed by atoms with Gasteiger partial charge in [-0.1, -0.05) is 0 Å². The van der Waals surface area contributed by atoms with Crippen LogP contribution in [-0.2, 0) is 0 Å². The van der Waals surface area contributed by atoms with Crippen molar-refractivity contribution >= 4 is 28.5 Å². The second-order valence-electron chi connectivity index (χ2n) is 5.56. The first kappa shape index (κ1) is 14.3. The Bertz CT molecular complexity index is 1090. The van der Waals surface area contributed by atoms with Crippen LogP contribution in [0.5, 0.6) is 0 Å². The molecule has 0 fully saturated rings. The zero-order chi connectivity index (χ0) is 16.8. The number of carbonyl (C=O) groups is 1. The van der Waals surface area contributed by atoms with Gasteiger partial charge in [0.1, 0.15) is 5.52 Å². The fourth-order valence-electron chi connectivity index (χ4n) is 2.57. The van der Waals surface area contributed by atoms with Crippen LogP contribution in [0.1, 0.15) is 27.9 Å². The molecule has 0 aliphatic rings. The second kappa shape index (κ2) is 5.12. The maximum atomic E-state index is 12.4. The summed E-state index contributed by atoms with van der Waals surface area (Å²) < 4.78 is 7.01. The standard InChI is InChI=1S/C16H14N6O2/c1-8-6-9(2)22-16(17-8)20-14(21-22)15(23)19-11-4-5-12-13(7-11)24-10(3)18-12/h4-7H,1-3H3,(H,19,23). The lowest BCUT2D eigenvalue weighted by Crippen LogP contribution is -2.14. The lowest BCUT2D eigenvalue weighted by atomic mass is 10.3. The van der Waals surface area contributed by atoms with E-state index in [0.29, 0.717) is 22.9 Å². The van der Waals surface area contributed by atoms with Crippen molar-refractivity contribution < 1.29 is 9.21 Å². The largest absolute Gasteiger partial charge is 0.441 e. The van der Waals surface area contributed by atoms with Gasteiger partial charge in [-0.05, 0) is 32.0 Å². The Balaban J connectivity index is 1.66.